The van der Waals surface area contributed by atoms with Crippen LogP contribution in [0.1, 0.15) is 9.75 Å². The average Bonchev–Trinajstić information content (AvgIpc) is 2.88. The topological polar surface area (TPSA) is 72.9 Å². The first-order valence-corrected chi connectivity index (χ1v) is 7.89. The molecule has 2 aliphatic rings. The second-order valence-corrected chi connectivity index (χ2v) is 6.91. The van der Waals surface area contributed by atoms with Gasteiger partial charge in [0.2, 0.25) is 11.8 Å². The van der Waals surface area contributed by atoms with Crippen molar-refractivity contribution in [3.63, 3.8) is 0 Å². The van der Waals surface area contributed by atoms with Gasteiger partial charge in [0, 0.05) is 35.9 Å². The van der Waals surface area contributed by atoms with Gasteiger partial charge in [-0.3, -0.25) is 14.5 Å². The minimum atomic E-state index is -0.778. The Morgan fingerprint density at radius 3 is 2.86 bits per heavy atom. The fourth-order valence-corrected chi connectivity index (χ4v) is 3.85. The minimum Gasteiger partial charge on any atom is -0.394 e. The van der Waals surface area contributed by atoms with Crippen molar-refractivity contribution in [2.45, 2.75) is 25.6 Å². The molecule has 0 unspecified atom stereocenters. The molecular formula is C14H19N3O3S. The standard InChI is InChI=1S/C14H19N3O3S/c1-9-2-3-10(21-9)6-16-4-5-17-12(7-16)13(19)15-11(8-18)14(17)20/h2-3,11-12,18H,4-8H2,1H3,(H,15,19)/t11-,12+/m0/s1. The summed E-state index contributed by atoms with van der Waals surface area (Å²) in [6.45, 7) is 4.39. The van der Waals surface area contributed by atoms with Crippen LogP contribution in [0.4, 0.5) is 0 Å². The number of nitrogens with one attached hydrogen (secondary N) is 1. The second-order valence-electron chi connectivity index (χ2n) is 5.54. The first-order chi connectivity index (χ1) is 10.1. The summed E-state index contributed by atoms with van der Waals surface area (Å²) < 4.78 is 0. The van der Waals surface area contributed by atoms with E-state index < -0.39 is 12.1 Å². The summed E-state index contributed by atoms with van der Waals surface area (Å²) in [7, 11) is 0. The molecule has 114 valence electrons. The molecule has 2 N–H and O–H groups in total. The summed E-state index contributed by atoms with van der Waals surface area (Å²) in [6.07, 6.45) is 0. The minimum absolute atomic E-state index is 0.166. The lowest BCUT2D eigenvalue weighted by Gasteiger charge is -2.44. The Morgan fingerprint density at radius 1 is 1.38 bits per heavy atom. The van der Waals surface area contributed by atoms with E-state index in [1.807, 2.05) is 0 Å². The molecule has 0 saturated carbocycles. The Labute approximate surface area is 127 Å². The molecule has 3 rings (SSSR count). The van der Waals surface area contributed by atoms with Crippen LogP contribution in [0.5, 0.6) is 0 Å². The molecule has 6 nitrogen and oxygen atoms in total. The zero-order valence-electron chi connectivity index (χ0n) is 11.9. The van der Waals surface area contributed by atoms with Gasteiger partial charge in [-0.1, -0.05) is 0 Å². The Morgan fingerprint density at radius 2 is 2.19 bits per heavy atom. The number of carbonyl (C=O) groups is 2. The molecular weight excluding hydrogens is 290 g/mol. The fraction of sp³-hybridized carbons (Fsp3) is 0.571. The Balaban J connectivity index is 1.67. The smallest absolute Gasteiger partial charge is 0.248 e. The van der Waals surface area contributed by atoms with Crippen LogP contribution in [0.3, 0.4) is 0 Å². The number of thiophene rings is 1. The van der Waals surface area contributed by atoms with E-state index in [0.29, 0.717) is 13.1 Å². The third kappa shape index (κ3) is 2.81. The van der Waals surface area contributed by atoms with Gasteiger partial charge in [0.15, 0.2) is 0 Å². The molecule has 2 aliphatic heterocycles. The Hall–Kier alpha value is -1.44. The maximum Gasteiger partial charge on any atom is 0.248 e. The largest absolute Gasteiger partial charge is 0.394 e. The van der Waals surface area contributed by atoms with E-state index in [4.69, 9.17) is 5.11 Å². The van der Waals surface area contributed by atoms with Crippen LogP contribution in [-0.4, -0.2) is 65.0 Å². The van der Waals surface area contributed by atoms with Gasteiger partial charge >= 0.3 is 0 Å². The van der Waals surface area contributed by atoms with E-state index in [2.05, 4.69) is 29.3 Å². The number of hydrogen-bond acceptors (Lipinski definition) is 5. The van der Waals surface area contributed by atoms with Crippen LogP contribution in [-0.2, 0) is 16.1 Å². The van der Waals surface area contributed by atoms with Crippen LogP contribution in [0.25, 0.3) is 0 Å². The summed E-state index contributed by atoms with van der Waals surface area (Å²) in [4.78, 5) is 30.6. The van der Waals surface area contributed by atoms with Crippen LogP contribution in [0.15, 0.2) is 12.1 Å². The number of aryl methyl sites for hydroxylation is 1. The van der Waals surface area contributed by atoms with Crippen molar-refractivity contribution >= 4 is 23.2 Å². The summed E-state index contributed by atoms with van der Waals surface area (Å²) in [5, 5.41) is 11.7. The van der Waals surface area contributed by atoms with Crippen LogP contribution >= 0.6 is 11.3 Å². The van der Waals surface area contributed by atoms with Crippen molar-refractivity contribution in [1.82, 2.24) is 15.1 Å². The summed E-state index contributed by atoms with van der Waals surface area (Å²) in [5.41, 5.74) is 0. The number of nitrogens with zero attached hydrogens (tertiary/aromatic N) is 2. The van der Waals surface area contributed by atoms with Crippen molar-refractivity contribution in [3.8, 4) is 0 Å². The third-order valence-electron chi connectivity index (χ3n) is 4.02. The number of hydrogen-bond donors (Lipinski definition) is 2. The molecule has 2 atom stereocenters. The van der Waals surface area contributed by atoms with E-state index in [1.165, 1.54) is 9.75 Å². The van der Waals surface area contributed by atoms with E-state index >= 15 is 0 Å². The number of aliphatic hydroxyl groups excluding tert-OH is 1. The lowest BCUT2D eigenvalue weighted by Crippen LogP contribution is -2.69. The molecule has 2 fully saturated rings. The quantitative estimate of drug-likeness (QED) is 0.794. The third-order valence-corrected chi connectivity index (χ3v) is 5.01. The molecule has 0 spiro atoms. The number of aliphatic hydroxyl groups is 1. The molecule has 2 amide bonds. The molecule has 0 bridgehead atoms. The predicted molar refractivity (Wildman–Crippen MR) is 78.9 cm³/mol. The SMILES string of the molecule is Cc1ccc(CN2CCN3C(=O)[C@H](CO)NC(=O)[C@H]3C2)s1. The van der Waals surface area contributed by atoms with E-state index in [9.17, 15) is 9.59 Å². The molecule has 7 heteroatoms. The van der Waals surface area contributed by atoms with Gasteiger partial charge < -0.3 is 15.3 Å². The highest BCUT2D eigenvalue weighted by Crippen LogP contribution is 2.21. The van der Waals surface area contributed by atoms with Gasteiger partial charge in [-0.15, -0.1) is 11.3 Å². The zero-order chi connectivity index (χ0) is 15.0. The number of fused-ring (bicyclic) bond motifs is 1. The van der Waals surface area contributed by atoms with Gasteiger partial charge in [0.05, 0.1) is 6.61 Å². The van der Waals surface area contributed by atoms with Crippen molar-refractivity contribution in [2.24, 2.45) is 0 Å². The molecule has 1 aromatic heterocycles. The maximum absolute atomic E-state index is 12.1. The lowest BCUT2D eigenvalue weighted by molar-refractivity contribution is -0.154. The van der Waals surface area contributed by atoms with Crippen LogP contribution in [0.2, 0.25) is 0 Å². The lowest BCUT2D eigenvalue weighted by atomic mass is 10.0. The Kier molecular flexibility index (Phi) is 3.97. The first kappa shape index (κ1) is 14.5. The normalized spacial score (nSPS) is 26.7. The van der Waals surface area contributed by atoms with Crippen LogP contribution in [0, 0.1) is 6.92 Å². The highest BCUT2D eigenvalue weighted by atomic mass is 32.1. The monoisotopic (exact) mass is 309 g/mol. The van der Waals surface area contributed by atoms with Crippen molar-refractivity contribution < 1.29 is 14.7 Å². The summed E-state index contributed by atoms with van der Waals surface area (Å²) in [6, 6.07) is 2.99. The van der Waals surface area contributed by atoms with Crippen molar-refractivity contribution in [2.75, 3.05) is 26.2 Å². The van der Waals surface area contributed by atoms with E-state index in [1.54, 1.807) is 16.2 Å². The first-order valence-electron chi connectivity index (χ1n) is 7.08. The molecule has 21 heavy (non-hydrogen) atoms. The Bertz CT molecular complexity index is 559. The maximum atomic E-state index is 12.1. The summed E-state index contributed by atoms with van der Waals surface area (Å²) in [5.74, 6) is -0.338. The number of carbonyl (C=O) groups excluding carboxylic acids is 2. The van der Waals surface area contributed by atoms with Gasteiger partial charge in [-0.05, 0) is 19.1 Å². The van der Waals surface area contributed by atoms with Crippen molar-refractivity contribution in [1.29, 1.82) is 0 Å². The van der Waals surface area contributed by atoms with Gasteiger partial charge in [0.1, 0.15) is 12.1 Å². The molecule has 0 aromatic carbocycles. The molecule has 1 aromatic rings. The van der Waals surface area contributed by atoms with Crippen molar-refractivity contribution in [3.05, 3.63) is 21.9 Å². The van der Waals surface area contributed by atoms with Gasteiger partial charge in [-0.2, -0.15) is 0 Å². The highest BCUT2D eigenvalue weighted by molar-refractivity contribution is 7.11. The number of amides is 2. The molecule has 3 heterocycles. The van der Waals surface area contributed by atoms with Gasteiger partial charge in [-0.25, -0.2) is 0 Å². The average molecular weight is 309 g/mol. The molecule has 2 saturated heterocycles. The number of piperazine rings is 2. The zero-order valence-corrected chi connectivity index (χ0v) is 12.7. The van der Waals surface area contributed by atoms with Gasteiger partial charge in [0.25, 0.3) is 0 Å². The molecule has 0 aliphatic carbocycles. The summed E-state index contributed by atoms with van der Waals surface area (Å²) >= 11 is 1.76. The van der Waals surface area contributed by atoms with E-state index in [0.717, 1.165) is 13.1 Å². The predicted octanol–water partition coefficient (Wildman–Crippen LogP) is -0.440. The highest BCUT2D eigenvalue weighted by Gasteiger charge is 2.43. The fourth-order valence-electron chi connectivity index (χ4n) is 2.92. The second kappa shape index (κ2) is 5.75. The molecule has 0 radical (unpaired) electrons. The van der Waals surface area contributed by atoms with E-state index in [-0.39, 0.29) is 18.4 Å². The van der Waals surface area contributed by atoms with Crippen LogP contribution < -0.4 is 5.32 Å². The number of rotatable bonds is 3.